The molecule has 1 heterocycles. The molecule has 4 nitrogen and oxygen atoms in total. The van der Waals surface area contributed by atoms with Crippen LogP contribution >= 0.6 is 15.9 Å². The Bertz CT molecular complexity index is 594. The number of hydrogen-bond donors (Lipinski definition) is 1. The molecule has 0 aliphatic heterocycles. The molecule has 2 aromatic rings. The van der Waals surface area contributed by atoms with Gasteiger partial charge in [0, 0.05) is 10.5 Å². The van der Waals surface area contributed by atoms with Gasteiger partial charge in [-0.3, -0.25) is 0 Å². The molecule has 0 aliphatic rings. The Kier molecular flexibility index (Phi) is 2.97. The lowest BCUT2D eigenvalue weighted by Gasteiger charge is -2.03. The van der Waals surface area contributed by atoms with Gasteiger partial charge in [-0.2, -0.15) is 0 Å². The number of carboxylic acids is 1. The lowest BCUT2D eigenvalue weighted by molar-refractivity contribution is 0.0686. The molecule has 6 heteroatoms. The van der Waals surface area contributed by atoms with E-state index in [0.717, 1.165) is 0 Å². The van der Waals surface area contributed by atoms with Crippen LogP contribution in [0.4, 0.5) is 4.39 Å². The maximum atomic E-state index is 13.9. The molecule has 2 rings (SSSR count). The number of aromatic nitrogens is 1. The van der Waals surface area contributed by atoms with Gasteiger partial charge in [0.25, 0.3) is 0 Å². The predicted molar refractivity (Wildman–Crippen MR) is 61.3 cm³/mol. The van der Waals surface area contributed by atoms with Crippen LogP contribution in [0, 0.1) is 12.7 Å². The van der Waals surface area contributed by atoms with Gasteiger partial charge in [0.1, 0.15) is 5.82 Å². The number of carboxylic acid groups (broad SMARTS) is 1. The summed E-state index contributed by atoms with van der Waals surface area (Å²) in [6.45, 7) is 1.61. The smallest absolute Gasteiger partial charge is 0.358 e. The van der Waals surface area contributed by atoms with Crippen molar-refractivity contribution in [2.24, 2.45) is 0 Å². The van der Waals surface area contributed by atoms with Crippen molar-refractivity contribution < 1.29 is 18.8 Å². The largest absolute Gasteiger partial charge is 0.476 e. The zero-order valence-corrected chi connectivity index (χ0v) is 10.3. The zero-order chi connectivity index (χ0) is 12.6. The summed E-state index contributed by atoms with van der Waals surface area (Å²) < 4.78 is 19.3. The summed E-state index contributed by atoms with van der Waals surface area (Å²) in [6, 6.07) is 4.35. The Labute approximate surface area is 104 Å². The molecular weight excluding hydrogens is 293 g/mol. The minimum Gasteiger partial charge on any atom is -0.476 e. The van der Waals surface area contributed by atoms with E-state index in [2.05, 4.69) is 21.1 Å². The lowest BCUT2D eigenvalue weighted by Crippen LogP contribution is -1.94. The van der Waals surface area contributed by atoms with Gasteiger partial charge < -0.3 is 9.63 Å². The van der Waals surface area contributed by atoms with E-state index in [1.54, 1.807) is 13.0 Å². The van der Waals surface area contributed by atoms with Crippen molar-refractivity contribution in [2.45, 2.75) is 6.92 Å². The van der Waals surface area contributed by atoms with Crippen molar-refractivity contribution in [2.75, 3.05) is 0 Å². The quantitative estimate of drug-likeness (QED) is 0.924. The van der Waals surface area contributed by atoms with Gasteiger partial charge in [-0.1, -0.05) is 21.1 Å². The number of halogens is 2. The normalized spacial score (nSPS) is 10.5. The van der Waals surface area contributed by atoms with Crippen LogP contribution in [-0.4, -0.2) is 16.2 Å². The maximum absolute atomic E-state index is 13.9. The third-order valence-electron chi connectivity index (χ3n) is 2.32. The second-order valence-electron chi connectivity index (χ2n) is 3.42. The minimum atomic E-state index is -1.21. The van der Waals surface area contributed by atoms with E-state index in [1.165, 1.54) is 12.1 Å². The first-order valence-corrected chi connectivity index (χ1v) is 5.45. The maximum Gasteiger partial charge on any atom is 0.358 e. The average Bonchev–Trinajstić information content (AvgIpc) is 2.75. The second kappa shape index (κ2) is 4.29. The van der Waals surface area contributed by atoms with Crippen molar-refractivity contribution >= 4 is 21.9 Å². The molecule has 1 N–H and O–H groups in total. The lowest BCUT2D eigenvalue weighted by atomic mass is 10.1. The standard InChI is InChI=1S/C11H7BrFNO3/c1-5-7(12)3-2-6(10(5)13)9-4-8(11(15)16)14-17-9/h2-4H,1H3,(H,15,16). The molecule has 88 valence electrons. The summed E-state index contributed by atoms with van der Waals surface area (Å²) in [4.78, 5) is 10.6. The zero-order valence-electron chi connectivity index (χ0n) is 8.70. The van der Waals surface area contributed by atoms with Crippen molar-refractivity contribution in [1.82, 2.24) is 5.16 Å². The average molecular weight is 300 g/mol. The molecule has 0 fully saturated rings. The van der Waals surface area contributed by atoms with E-state index >= 15 is 0 Å². The highest BCUT2D eigenvalue weighted by atomic mass is 79.9. The fourth-order valence-electron chi connectivity index (χ4n) is 1.35. The van der Waals surface area contributed by atoms with Crippen LogP contribution in [0.2, 0.25) is 0 Å². The molecule has 0 atom stereocenters. The third-order valence-corrected chi connectivity index (χ3v) is 3.17. The first-order chi connectivity index (χ1) is 8.00. The SMILES string of the molecule is Cc1c(Br)ccc(-c2cc(C(=O)O)no2)c1F. The molecule has 0 bridgehead atoms. The van der Waals surface area contributed by atoms with Crippen molar-refractivity contribution in [3.63, 3.8) is 0 Å². The summed E-state index contributed by atoms with van der Waals surface area (Å²) >= 11 is 3.20. The highest BCUT2D eigenvalue weighted by molar-refractivity contribution is 9.10. The van der Waals surface area contributed by atoms with E-state index in [-0.39, 0.29) is 17.0 Å². The van der Waals surface area contributed by atoms with E-state index in [0.29, 0.717) is 10.0 Å². The number of hydrogen-bond acceptors (Lipinski definition) is 3. The second-order valence-corrected chi connectivity index (χ2v) is 4.27. The Morgan fingerprint density at radius 2 is 2.24 bits per heavy atom. The summed E-state index contributed by atoms with van der Waals surface area (Å²) in [5.74, 6) is -1.59. The molecule has 0 amide bonds. The first-order valence-electron chi connectivity index (χ1n) is 4.65. The van der Waals surface area contributed by atoms with E-state index < -0.39 is 11.8 Å². The molecule has 17 heavy (non-hydrogen) atoms. The highest BCUT2D eigenvalue weighted by Gasteiger charge is 2.17. The van der Waals surface area contributed by atoms with Crippen LogP contribution in [0.1, 0.15) is 16.1 Å². The van der Waals surface area contributed by atoms with Crippen LogP contribution in [0.15, 0.2) is 27.2 Å². The Morgan fingerprint density at radius 1 is 1.53 bits per heavy atom. The number of aromatic carboxylic acids is 1. The Balaban J connectivity index is 2.53. The molecule has 0 saturated carbocycles. The van der Waals surface area contributed by atoms with Crippen molar-refractivity contribution in [3.05, 3.63) is 39.7 Å². The minimum absolute atomic E-state index is 0.0931. The van der Waals surface area contributed by atoms with Gasteiger partial charge in [0.15, 0.2) is 11.5 Å². The van der Waals surface area contributed by atoms with Crippen LogP contribution < -0.4 is 0 Å². The van der Waals surface area contributed by atoms with Gasteiger partial charge in [-0.15, -0.1) is 0 Å². The third kappa shape index (κ3) is 2.08. The highest BCUT2D eigenvalue weighted by Crippen LogP contribution is 2.29. The number of benzene rings is 1. The fourth-order valence-corrected chi connectivity index (χ4v) is 1.66. The van der Waals surface area contributed by atoms with Gasteiger partial charge >= 0.3 is 5.97 Å². The topological polar surface area (TPSA) is 63.3 Å². The monoisotopic (exact) mass is 299 g/mol. The fraction of sp³-hybridized carbons (Fsp3) is 0.0909. The van der Waals surface area contributed by atoms with Crippen LogP contribution in [-0.2, 0) is 0 Å². The van der Waals surface area contributed by atoms with Crippen LogP contribution in [0.5, 0.6) is 0 Å². The molecular formula is C11H7BrFNO3. The van der Waals surface area contributed by atoms with E-state index in [1.807, 2.05) is 0 Å². The number of rotatable bonds is 2. The van der Waals surface area contributed by atoms with Crippen molar-refractivity contribution in [1.29, 1.82) is 0 Å². The summed E-state index contributed by atoms with van der Waals surface area (Å²) in [6.07, 6.45) is 0. The van der Waals surface area contributed by atoms with Gasteiger partial charge in [-0.25, -0.2) is 9.18 Å². The number of nitrogens with zero attached hydrogens (tertiary/aromatic N) is 1. The van der Waals surface area contributed by atoms with Crippen LogP contribution in [0.3, 0.4) is 0 Å². The van der Waals surface area contributed by atoms with Gasteiger partial charge in [0.2, 0.25) is 0 Å². The molecule has 1 aromatic heterocycles. The number of carbonyl (C=O) groups is 1. The first kappa shape index (κ1) is 11.8. The van der Waals surface area contributed by atoms with Gasteiger partial charge in [0.05, 0.1) is 5.56 Å². The molecule has 0 aliphatic carbocycles. The molecule has 1 aromatic carbocycles. The van der Waals surface area contributed by atoms with E-state index in [9.17, 15) is 9.18 Å². The Hall–Kier alpha value is -1.69. The predicted octanol–water partition coefficient (Wildman–Crippen LogP) is 3.25. The van der Waals surface area contributed by atoms with Crippen molar-refractivity contribution in [3.8, 4) is 11.3 Å². The van der Waals surface area contributed by atoms with E-state index in [4.69, 9.17) is 9.63 Å². The molecule has 0 saturated heterocycles. The summed E-state index contributed by atoms with van der Waals surface area (Å²) in [7, 11) is 0. The molecule has 0 spiro atoms. The molecule has 0 unspecified atom stereocenters. The van der Waals surface area contributed by atoms with Gasteiger partial charge in [-0.05, 0) is 24.6 Å². The summed E-state index contributed by atoms with van der Waals surface area (Å²) in [5, 5.41) is 12.0. The Morgan fingerprint density at radius 3 is 2.82 bits per heavy atom. The summed E-state index contributed by atoms with van der Waals surface area (Å²) in [5.41, 5.74) is 0.362. The van der Waals surface area contributed by atoms with Crippen LogP contribution in [0.25, 0.3) is 11.3 Å². The molecule has 0 radical (unpaired) electrons.